The fourth-order valence-corrected chi connectivity index (χ4v) is 2.78. The molecule has 1 unspecified atom stereocenters. The summed E-state index contributed by atoms with van der Waals surface area (Å²) < 4.78 is 12.7. The van der Waals surface area contributed by atoms with Gasteiger partial charge in [0, 0.05) is 24.9 Å². The van der Waals surface area contributed by atoms with Gasteiger partial charge in [0.2, 0.25) is 0 Å². The maximum absolute atomic E-state index is 12.2. The highest BCUT2D eigenvalue weighted by molar-refractivity contribution is 5.90. The summed E-state index contributed by atoms with van der Waals surface area (Å²) in [6.45, 7) is 2.14. The molecule has 1 aliphatic rings. The minimum absolute atomic E-state index is 0.127. The van der Waals surface area contributed by atoms with Crippen LogP contribution in [0.3, 0.4) is 0 Å². The smallest absolute Gasteiger partial charge is 0.335 e. The first-order chi connectivity index (χ1) is 11.4. The second-order valence-corrected chi connectivity index (χ2v) is 5.80. The van der Waals surface area contributed by atoms with E-state index in [2.05, 4.69) is 0 Å². The summed E-state index contributed by atoms with van der Waals surface area (Å²) in [6, 6.07) is 9.44. The van der Waals surface area contributed by atoms with Crippen molar-refractivity contribution < 1.29 is 19.4 Å². The Hall–Kier alpha value is -2.86. The lowest BCUT2D eigenvalue weighted by atomic mass is 9.96. The van der Waals surface area contributed by atoms with Gasteiger partial charge in [0.25, 0.3) is 5.56 Å². The first-order valence-electron chi connectivity index (χ1n) is 7.40. The van der Waals surface area contributed by atoms with Crippen LogP contribution in [0.25, 0.3) is 5.70 Å². The normalized spacial score (nSPS) is 19.2. The molecule has 0 amide bonds. The van der Waals surface area contributed by atoms with E-state index in [1.807, 2.05) is 6.92 Å². The molecular weight excluding hydrogens is 310 g/mol. The lowest BCUT2D eigenvalue weighted by Crippen LogP contribution is -2.39. The number of aromatic nitrogens is 1. The van der Waals surface area contributed by atoms with Crippen LogP contribution in [0.1, 0.15) is 22.8 Å². The maximum Gasteiger partial charge on any atom is 0.335 e. The molecule has 1 aromatic carbocycles. The number of benzene rings is 1. The Morgan fingerprint density at radius 2 is 2.12 bits per heavy atom. The molecule has 1 aromatic heterocycles. The molecule has 0 fully saturated rings. The Bertz CT molecular complexity index is 883. The van der Waals surface area contributed by atoms with Gasteiger partial charge in [0.1, 0.15) is 11.4 Å². The zero-order valence-electron chi connectivity index (χ0n) is 13.4. The Morgan fingerprint density at radius 1 is 1.33 bits per heavy atom. The number of fused-ring (bicyclic) bond motifs is 1. The molecule has 3 rings (SSSR count). The molecule has 6 heteroatoms. The molecule has 1 aliphatic heterocycles. The summed E-state index contributed by atoms with van der Waals surface area (Å²) in [5.74, 6) is -0.532. The third-order valence-corrected chi connectivity index (χ3v) is 3.80. The van der Waals surface area contributed by atoms with Gasteiger partial charge in [-0.3, -0.25) is 9.36 Å². The predicted molar refractivity (Wildman–Crippen MR) is 88.4 cm³/mol. The van der Waals surface area contributed by atoms with E-state index in [0.717, 1.165) is 0 Å². The van der Waals surface area contributed by atoms with Crippen LogP contribution in [-0.2, 0) is 4.74 Å². The third-order valence-electron chi connectivity index (χ3n) is 3.80. The Kier molecular flexibility index (Phi) is 3.99. The van der Waals surface area contributed by atoms with Gasteiger partial charge in [-0.05, 0) is 37.3 Å². The predicted octanol–water partition coefficient (Wildman–Crippen LogP) is 2.23. The molecule has 0 aliphatic carbocycles. The third kappa shape index (κ3) is 2.83. The number of carboxylic acid groups (broad SMARTS) is 1. The van der Waals surface area contributed by atoms with Crippen molar-refractivity contribution in [1.82, 2.24) is 4.57 Å². The maximum atomic E-state index is 12.2. The van der Waals surface area contributed by atoms with Crippen LogP contribution in [0, 0.1) is 0 Å². The van der Waals surface area contributed by atoms with Gasteiger partial charge in [0.05, 0.1) is 17.9 Å². The number of rotatable bonds is 4. The van der Waals surface area contributed by atoms with Crippen molar-refractivity contribution >= 4 is 11.7 Å². The van der Waals surface area contributed by atoms with Crippen LogP contribution < -0.4 is 10.3 Å². The number of ether oxygens (including phenoxy) is 2. The van der Waals surface area contributed by atoms with E-state index < -0.39 is 11.6 Å². The molecule has 2 heterocycles. The van der Waals surface area contributed by atoms with E-state index in [4.69, 9.17) is 9.47 Å². The molecule has 0 saturated heterocycles. The Balaban J connectivity index is 2.24. The van der Waals surface area contributed by atoms with E-state index in [0.29, 0.717) is 17.0 Å². The minimum Gasteiger partial charge on any atom is -0.480 e. The van der Waals surface area contributed by atoms with Crippen LogP contribution in [0.15, 0.2) is 53.5 Å². The number of hydrogen-bond donors (Lipinski definition) is 1. The van der Waals surface area contributed by atoms with Gasteiger partial charge in [-0.1, -0.05) is 6.07 Å². The van der Waals surface area contributed by atoms with Crippen LogP contribution in [0.2, 0.25) is 0 Å². The molecule has 24 heavy (non-hydrogen) atoms. The standard InChI is InChI=1S/C18H17NO5/c1-18(11-23-2)10-14(19-8-4-3-5-16(19)20)13-9-12(17(21)22)6-7-15(13)24-18/h3-10H,11H2,1-2H3,(H,21,22). The number of methoxy groups -OCH3 is 1. The van der Waals surface area contributed by atoms with Gasteiger partial charge in [-0.25, -0.2) is 4.79 Å². The van der Waals surface area contributed by atoms with Crippen LogP contribution in [0.4, 0.5) is 0 Å². The Labute approximate surface area is 138 Å². The molecule has 0 radical (unpaired) electrons. The number of pyridine rings is 1. The summed E-state index contributed by atoms with van der Waals surface area (Å²) >= 11 is 0. The summed E-state index contributed by atoms with van der Waals surface area (Å²) in [4.78, 5) is 23.5. The number of aromatic carboxylic acids is 1. The van der Waals surface area contributed by atoms with E-state index in [9.17, 15) is 14.7 Å². The van der Waals surface area contributed by atoms with Crippen molar-refractivity contribution in [2.45, 2.75) is 12.5 Å². The van der Waals surface area contributed by atoms with E-state index in [1.54, 1.807) is 37.6 Å². The molecule has 1 atom stereocenters. The fourth-order valence-electron chi connectivity index (χ4n) is 2.78. The van der Waals surface area contributed by atoms with Crippen LogP contribution in [0.5, 0.6) is 5.75 Å². The number of carboxylic acids is 1. The first kappa shape index (κ1) is 16.0. The fraction of sp³-hybridized carbons (Fsp3) is 0.222. The largest absolute Gasteiger partial charge is 0.480 e. The van der Waals surface area contributed by atoms with Crippen LogP contribution >= 0.6 is 0 Å². The van der Waals surface area contributed by atoms with Crippen molar-refractivity contribution in [2.24, 2.45) is 0 Å². The van der Waals surface area contributed by atoms with Gasteiger partial charge in [-0.15, -0.1) is 0 Å². The number of carbonyl (C=O) groups is 1. The van der Waals surface area contributed by atoms with Crippen molar-refractivity contribution in [3.8, 4) is 5.75 Å². The van der Waals surface area contributed by atoms with Crippen molar-refractivity contribution in [1.29, 1.82) is 0 Å². The summed E-state index contributed by atoms with van der Waals surface area (Å²) in [5.41, 5.74) is 0.276. The molecule has 0 bridgehead atoms. The molecular formula is C18H17NO5. The second kappa shape index (κ2) is 5.98. The van der Waals surface area contributed by atoms with Crippen molar-refractivity contribution in [3.63, 3.8) is 0 Å². The van der Waals surface area contributed by atoms with Gasteiger partial charge < -0.3 is 14.6 Å². The molecule has 0 spiro atoms. The lowest BCUT2D eigenvalue weighted by Gasteiger charge is -2.34. The summed E-state index contributed by atoms with van der Waals surface area (Å²) in [6.07, 6.45) is 3.43. The minimum atomic E-state index is -1.04. The molecule has 6 nitrogen and oxygen atoms in total. The quantitative estimate of drug-likeness (QED) is 0.932. The zero-order chi connectivity index (χ0) is 17.3. The monoisotopic (exact) mass is 327 g/mol. The van der Waals surface area contributed by atoms with Gasteiger partial charge in [0.15, 0.2) is 0 Å². The van der Waals surface area contributed by atoms with E-state index >= 15 is 0 Å². The average molecular weight is 327 g/mol. The zero-order valence-corrected chi connectivity index (χ0v) is 13.4. The second-order valence-electron chi connectivity index (χ2n) is 5.80. The van der Waals surface area contributed by atoms with E-state index in [-0.39, 0.29) is 17.7 Å². The van der Waals surface area contributed by atoms with Gasteiger partial charge in [-0.2, -0.15) is 0 Å². The lowest BCUT2D eigenvalue weighted by molar-refractivity contribution is 0.0370. The highest BCUT2D eigenvalue weighted by Gasteiger charge is 2.32. The van der Waals surface area contributed by atoms with Crippen LogP contribution in [-0.4, -0.2) is 35.0 Å². The number of hydrogen-bond acceptors (Lipinski definition) is 4. The highest BCUT2D eigenvalue weighted by Crippen LogP contribution is 2.37. The highest BCUT2D eigenvalue weighted by atomic mass is 16.5. The molecule has 1 N–H and O–H groups in total. The van der Waals surface area contributed by atoms with Crippen molar-refractivity contribution in [2.75, 3.05) is 13.7 Å². The van der Waals surface area contributed by atoms with Crippen molar-refractivity contribution in [3.05, 3.63) is 70.2 Å². The SMILES string of the molecule is COCC1(C)C=C(n2ccccc2=O)c2cc(C(=O)O)ccc2O1. The average Bonchev–Trinajstić information content (AvgIpc) is 2.54. The Morgan fingerprint density at radius 3 is 2.79 bits per heavy atom. The molecule has 2 aromatic rings. The summed E-state index contributed by atoms with van der Waals surface area (Å²) in [7, 11) is 1.57. The topological polar surface area (TPSA) is 77.8 Å². The number of nitrogens with zero attached hydrogens (tertiary/aromatic N) is 1. The molecule has 0 saturated carbocycles. The first-order valence-corrected chi connectivity index (χ1v) is 7.40. The van der Waals surface area contributed by atoms with E-state index in [1.165, 1.54) is 22.8 Å². The molecule has 124 valence electrons. The van der Waals surface area contributed by atoms with Gasteiger partial charge >= 0.3 is 5.97 Å². The summed E-state index contributed by atoms with van der Waals surface area (Å²) in [5, 5.41) is 9.24.